The Kier molecular flexibility index (Phi) is 4.24. The molecule has 1 rings (SSSR count). The quantitative estimate of drug-likeness (QED) is 0.204. The molecule has 70 valence electrons. The normalized spacial score (nSPS) is 23.6. The molecule has 4 heteroatoms. The summed E-state index contributed by atoms with van der Waals surface area (Å²) in [6.45, 7) is 4.96. The van der Waals surface area contributed by atoms with E-state index in [-0.39, 0.29) is 18.8 Å². The van der Waals surface area contributed by atoms with Gasteiger partial charge in [-0.05, 0) is 6.42 Å². The van der Waals surface area contributed by atoms with Gasteiger partial charge in [-0.3, -0.25) is 5.26 Å². The molecule has 0 aromatic rings. The number of hydrogen-bond acceptors (Lipinski definition) is 4. The van der Waals surface area contributed by atoms with Crippen molar-refractivity contribution >= 4 is 0 Å². The van der Waals surface area contributed by atoms with E-state index < -0.39 is 0 Å². The fourth-order valence-electron chi connectivity index (χ4n) is 0.998. The van der Waals surface area contributed by atoms with E-state index in [1.807, 2.05) is 0 Å². The monoisotopic (exact) mass is 174 g/mol. The second-order valence-electron chi connectivity index (χ2n) is 2.64. The zero-order valence-electron chi connectivity index (χ0n) is 6.94. The van der Waals surface area contributed by atoms with Gasteiger partial charge in [0.15, 0.2) is 0 Å². The van der Waals surface area contributed by atoms with Gasteiger partial charge in [0.05, 0.1) is 19.3 Å². The Bertz CT molecular complexity index is 133. The van der Waals surface area contributed by atoms with Gasteiger partial charge in [0.1, 0.15) is 12.7 Å². The molecule has 1 aliphatic heterocycles. The molecule has 0 aromatic heterocycles. The molecule has 0 aliphatic carbocycles. The Balaban J connectivity index is 2.09. The average Bonchev–Trinajstić information content (AvgIpc) is 2.86. The van der Waals surface area contributed by atoms with Crippen LogP contribution in [-0.2, 0) is 14.4 Å². The van der Waals surface area contributed by atoms with Crippen LogP contribution in [0.2, 0.25) is 0 Å². The van der Waals surface area contributed by atoms with Crippen molar-refractivity contribution in [2.45, 2.75) is 18.6 Å². The third-order valence-corrected chi connectivity index (χ3v) is 1.68. The maximum atomic E-state index is 8.03. The second-order valence-corrected chi connectivity index (χ2v) is 2.64. The van der Waals surface area contributed by atoms with Gasteiger partial charge in [-0.1, -0.05) is 6.08 Å². The van der Waals surface area contributed by atoms with Gasteiger partial charge in [0, 0.05) is 0 Å². The van der Waals surface area contributed by atoms with Gasteiger partial charge in [-0.25, -0.2) is 4.89 Å². The van der Waals surface area contributed by atoms with Gasteiger partial charge in [-0.15, -0.1) is 6.58 Å². The van der Waals surface area contributed by atoms with E-state index in [2.05, 4.69) is 11.5 Å². The van der Waals surface area contributed by atoms with Crippen LogP contribution in [0.1, 0.15) is 6.42 Å². The lowest BCUT2D eigenvalue weighted by Gasteiger charge is -2.12. The first-order valence-electron chi connectivity index (χ1n) is 3.99. The fourth-order valence-corrected chi connectivity index (χ4v) is 0.998. The van der Waals surface area contributed by atoms with Crippen molar-refractivity contribution in [3.63, 3.8) is 0 Å². The standard InChI is InChI=1S/C8H14O4/c1-2-3-7(8-6-11-8)10-4-5-12-9/h2,7-9H,1,3-6H2. The van der Waals surface area contributed by atoms with Crippen molar-refractivity contribution in [1.82, 2.24) is 0 Å². The van der Waals surface area contributed by atoms with Crippen LogP contribution < -0.4 is 0 Å². The van der Waals surface area contributed by atoms with Crippen LogP contribution in [0.3, 0.4) is 0 Å². The summed E-state index contributed by atoms with van der Waals surface area (Å²) in [7, 11) is 0. The summed E-state index contributed by atoms with van der Waals surface area (Å²) >= 11 is 0. The van der Waals surface area contributed by atoms with Crippen LogP contribution in [0.15, 0.2) is 12.7 Å². The highest BCUT2D eigenvalue weighted by Crippen LogP contribution is 2.19. The molecule has 0 amide bonds. The Morgan fingerprint density at radius 1 is 1.67 bits per heavy atom. The zero-order valence-corrected chi connectivity index (χ0v) is 6.94. The zero-order chi connectivity index (χ0) is 8.81. The molecule has 0 saturated carbocycles. The minimum Gasteiger partial charge on any atom is -0.373 e. The lowest BCUT2D eigenvalue weighted by atomic mass is 10.2. The molecule has 12 heavy (non-hydrogen) atoms. The van der Waals surface area contributed by atoms with E-state index in [0.29, 0.717) is 6.61 Å². The largest absolute Gasteiger partial charge is 0.373 e. The summed E-state index contributed by atoms with van der Waals surface area (Å²) in [5, 5.41) is 8.03. The molecule has 1 saturated heterocycles. The highest BCUT2D eigenvalue weighted by atomic mass is 17.1. The molecule has 1 N–H and O–H groups in total. The first-order chi connectivity index (χ1) is 5.88. The Labute approximate surface area is 71.7 Å². The highest BCUT2D eigenvalue weighted by molar-refractivity contribution is 4.85. The molecule has 2 atom stereocenters. The molecule has 1 heterocycles. The molecule has 0 aromatic carbocycles. The van der Waals surface area contributed by atoms with E-state index in [1.54, 1.807) is 6.08 Å². The first-order valence-corrected chi connectivity index (χ1v) is 3.99. The number of ether oxygens (including phenoxy) is 2. The third-order valence-electron chi connectivity index (χ3n) is 1.68. The average molecular weight is 174 g/mol. The van der Waals surface area contributed by atoms with Gasteiger partial charge in [0.25, 0.3) is 0 Å². The van der Waals surface area contributed by atoms with Crippen LogP contribution in [0.4, 0.5) is 0 Å². The number of hydrogen-bond donors (Lipinski definition) is 1. The Morgan fingerprint density at radius 3 is 2.92 bits per heavy atom. The van der Waals surface area contributed by atoms with Crippen molar-refractivity contribution in [3.05, 3.63) is 12.7 Å². The Hall–Kier alpha value is -0.420. The smallest absolute Gasteiger partial charge is 0.107 e. The molecule has 0 spiro atoms. The van der Waals surface area contributed by atoms with Crippen molar-refractivity contribution < 1.29 is 19.6 Å². The molecular weight excluding hydrogens is 160 g/mol. The topological polar surface area (TPSA) is 51.2 Å². The summed E-state index contributed by atoms with van der Waals surface area (Å²) in [6, 6.07) is 0. The van der Waals surface area contributed by atoms with Crippen LogP contribution in [0.25, 0.3) is 0 Å². The lowest BCUT2D eigenvalue weighted by molar-refractivity contribution is -0.251. The summed E-state index contributed by atoms with van der Waals surface area (Å²) in [5.41, 5.74) is 0. The minimum absolute atomic E-state index is 0.0673. The van der Waals surface area contributed by atoms with E-state index in [1.165, 1.54) is 0 Å². The molecule has 1 fully saturated rings. The molecule has 1 aliphatic rings. The summed E-state index contributed by atoms with van der Waals surface area (Å²) in [4.78, 5) is 3.88. The van der Waals surface area contributed by atoms with Crippen LogP contribution >= 0.6 is 0 Å². The van der Waals surface area contributed by atoms with Gasteiger partial charge >= 0.3 is 0 Å². The van der Waals surface area contributed by atoms with Crippen molar-refractivity contribution in [2.75, 3.05) is 19.8 Å². The fraction of sp³-hybridized carbons (Fsp3) is 0.750. The predicted molar refractivity (Wildman–Crippen MR) is 42.9 cm³/mol. The van der Waals surface area contributed by atoms with E-state index in [9.17, 15) is 0 Å². The molecule has 0 radical (unpaired) electrons. The lowest BCUT2D eigenvalue weighted by Crippen LogP contribution is -2.21. The summed E-state index contributed by atoms with van der Waals surface area (Å²) in [6.07, 6.45) is 2.85. The van der Waals surface area contributed by atoms with E-state index >= 15 is 0 Å². The highest BCUT2D eigenvalue weighted by Gasteiger charge is 2.32. The SMILES string of the molecule is C=CCC(OCCOO)C1CO1. The third kappa shape index (κ3) is 3.32. The number of rotatable bonds is 7. The van der Waals surface area contributed by atoms with E-state index in [0.717, 1.165) is 13.0 Å². The predicted octanol–water partition coefficient (Wildman–Crippen LogP) is 0.836. The molecular formula is C8H14O4. The molecule has 4 nitrogen and oxygen atoms in total. The summed E-state index contributed by atoms with van der Waals surface area (Å²) in [5.74, 6) is 0. The van der Waals surface area contributed by atoms with Crippen LogP contribution in [0, 0.1) is 0 Å². The Morgan fingerprint density at radius 2 is 2.42 bits per heavy atom. The molecule has 2 unspecified atom stereocenters. The second kappa shape index (κ2) is 5.27. The van der Waals surface area contributed by atoms with Gasteiger partial charge in [-0.2, -0.15) is 0 Å². The maximum absolute atomic E-state index is 8.03. The molecule has 0 bridgehead atoms. The van der Waals surface area contributed by atoms with Crippen molar-refractivity contribution in [3.8, 4) is 0 Å². The van der Waals surface area contributed by atoms with Gasteiger partial charge in [0.2, 0.25) is 0 Å². The van der Waals surface area contributed by atoms with Crippen LogP contribution in [0.5, 0.6) is 0 Å². The van der Waals surface area contributed by atoms with Crippen molar-refractivity contribution in [1.29, 1.82) is 0 Å². The summed E-state index contributed by atoms with van der Waals surface area (Å²) < 4.78 is 10.4. The maximum Gasteiger partial charge on any atom is 0.107 e. The van der Waals surface area contributed by atoms with Gasteiger partial charge < -0.3 is 9.47 Å². The van der Waals surface area contributed by atoms with Crippen LogP contribution in [-0.4, -0.2) is 37.3 Å². The van der Waals surface area contributed by atoms with Crippen molar-refractivity contribution in [2.24, 2.45) is 0 Å². The minimum atomic E-state index is 0.0673. The number of epoxide rings is 1. The van der Waals surface area contributed by atoms with E-state index in [4.69, 9.17) is 14.7 Å². The first kappa shape index (κ1) is 9.67.